The summed E-state index contributed by atoms with van der Waals surface area (Å²) in [6.07, 6.45) is 0. The van der Waals surface area contributed by atoms with Gasteiger partial charge in [-0.25, -0.2) is 4.68 Å². The van der Waals surface area contributed by atoms with E-state index in [1.807, 2.05) is 35.9 Å². The van der Waals surface area contributed by atoms with Crippen LogP contribution < -0.4 is 5.73 Å². The Morgan fingerprint density at radius 3 is 2.56 bits per heavy atom. The van der Waals surface area contributed by atoms with E-state index in [1.54, 1.807) is 0 Å². The van der Waals surface area contributed by atoms with Crippen molar-refractivity contribution in [2.45, 2.75) is 20.0 Å². The number of aromatic nitrogens is 3. The van der Waals surface area contributed by atoms with Crippen molar-refractivity contribution in [1.29, 1.82) is 0 Å². The maximum absolute atomic E-state index is 5.84. The Balaban J connectivity index is 2.47. The number of hydrogen-bond acceptors (Lipinski definition) is 3. The van der Waals surface area contributed by atoms with E-state index in [9.17, 15) is 0 Å². The van der Waals surface area contributed by atoms with E-state index in [1.165, 1.54) is 0 Å². The minimum absolute atomic E-state index is 0.429. The molecule has 1 aromatic heterocycles. The topological polar surface area (TPSA) is 56.7 Å². The van der Waals surface area contributed by atoms with Gasteiger partial charge in [-0.05, 0) is 19.1 Å². The molecule has 0 aliphatic carbocycles. The molecule has 4 nitrogen and oxygen atoms in total. The normalized spacial score (nSPS) is 10.7. The van der Waals surface area contributed by atoms with Gasteiger partial charge in [0.05, 0.1) is 5.69 Å². The van der Waals surface area contributed by atoms with Gasteiger partial charge in [-0.1, -0.05) is 28.9 Å². The van der Waals surface area contributed by atoms with E-state index in [4.69, 9.17) is 17.3 Å². The van der Waals surface area contributed by atoms with Crippen molar-refractivity contribution in [2.24, 2.45) is 5.73 Å². The second-order valence-corrected chi connectivity index (χ2v) is 3.85. The first-order valence-electron chi connectivity index (χ1n) is 5.14. The summed E-state index contributed by atoms with van der Waals surface area (Å²) in [6, 6.07) is 7.52. The minimum atomic E-state index is 0.429. The molecule has 0 spiro atoms. The second-order valence-electron chi connectivity index (χ2n) is 3.41. The monoisotopic (exact) mass is 236 g/mol. The molecule has 0 fully saturated rings. The van der Waals surface area contributed by atoms with E-state index in [-0.39, 0.29) is 0 Å². The number of halogens is 1. The van der Waals surface area contributed by atoms with Gasteiger partial charge < -0.3 is 5.73 Å². The molecular formula is C11H13ClN4. The molecule has 0 radical (unpaired) electrons. The fourth-order valence-corrected chi connectivity index (χ4v) is 1.75. The van der Waals surface area contributed by atoms with Crippen molar-refractivity contribution in [3.8, 4) is 11.3 Å². The van der Waals surface area contributed by atoms with Crippen molar-refractivity contribution in [2.75, 3.05) is 0 Å². The van der Waals surface area contributed by atoms with Crippen LogP contribution in [0, 0.1) is 0 Å². The molecule has 0 aliphatic rings. The summed E-state index contributed by atoms with van der Waals surface area (Å²) in [7, 11) is 0. The fraction of sp³-hybridized carbons (Fsp3) is 0.273. The van der Waals surface area contributed by atoms with Gasteiger partial charge in [0.1, 0.15) is 5.69 Å². The van der Waals surface area contributed by atoms with E-state index in [2.05, 4.69) is 10.3 Å². The van der Waals surface area contributed by atoms with E-state index < -0.39 is 0 Å². The summed E-state index contributed by atoms with van der Waals surface area (Å²) in [4.78, 5) is 0. The Kier molecular flexibility index (Phi) is 3.22. The maximum Gasteiger partial charge on any atom is 0.117 e. The summed E-state index contributed by atoms with van der Waals surface area (Å²) in [5.41, 5.74) is 8.49. The third kappa shape index (κ3) is 1.94. The summed E-state index contributed by atoms with van der Waals surface area (Å²) < 4.78 is 1.81. The van der Waals surface area contributed by atoms with Crippen molar-refractivity contribution in [3.63, 3.8) is 0 Å². The molecule has 0 saturated carbocycles. The van der Waals surface area contributed by atoms with Crippen LogP contribution in [0.15, 0.2) is 24.3 Å². The molecule has 1 heterocycles. The first-order valence-corrected chi connectivity index (χ1v) is 5.52. The van der Waals surface area contributed by atoms with Crippen molar-refractivity contribution < 1.29 is 0 Å². The molecule has 5 heteroatoms. The SMILES string of the molecule is CCn1nnc(-c2ccc(Cl)cc2)c1CN. The number of aryl methyl sites for hydroxylation is 1. The first kappa shape index (κ1) is 11.1. The third-order valence-electron chi connectivity index (χ3n) is 2.45. The lowest BCUT2D eigenvalue weighted by Crippen LogP contribution is -2.08. The highest BCUT2D eigenvalue weighted by Gasteiger charge is 2.11. The average Bonchev–Trinajstić information content (AvgIpc) is 2.72. The summed E-state index contributed by atoms with van der Waals surface area (Å²) in [5.74, 6) is 0. The van der Waals surface area contributed by atoms with Gasteiger partial charge in [-0.15, -0.1) is 5.10 Å². The van der Waals surface area contributed by atoms with Crippen LogP contribution in [0.4, 0.5) is 0 Å². The van der Waals surface area contributed by atoms with Crippen LogP contribution in [0.2, 0.25) is 5.02 Å². The van der Waals surface area contributed by atoms with Gasteiger partial charge in [0, 0.05) is 23.7 Å². The smallest absolute Gasteiger partial charge is 0.117 e. The molecule has 0 saturated heterocycles. The largest absolute Gasteiger partial charge is 0.325 e. The quantitative estimate of drug-likeness (QED) is 0.888. The first-order chi connectivity index (χ1) is 7.76. The molecule has 0 atom stereocenters. The van der Waals surface area contributed by atoms with Crippen molar-refractivity contribution >= 4 is 11.6 Å². The Hall–Kier alpha value is -1.39. The van der Waals surface area contributed by atoms with Crippen LogP contribution in [-0.4, -0.2) is 15.0 Å². The van der Waals surface area contributed by atoms with Gasteiger partial charge in [0.25, 0.3) is 0 Å². The summed E-state index contributed by atoms with van der Waals surface area (Å²) in [5, 5.41) is 8.91. The van der Waals surface area contributed by atoms with Crippen molar-refractivity contribution in [1.82, 2.24) is 15.0 Å². The van der Waals surface area contributed by atoms with Crippen LogP contribution >= 0.6 is 11.6 Å². The second kappa shape index (κ2) is 4.63. The third-order valence-corrected chi connectivity index (χ3v) is 2.70. The highest BCUT2D eigenvalue weighted by Crippen LogP contribution is 2.22. The number of rotatable bonds is 3. The van der Waals surface area contributed by atoms with Crippen LogP contribution in [0.25, 0.3) is 11.3 Å². The zero-order valence-electron chi connectivity index (χ0n) is 9.02. The maximum atomic E-state index is 5.84. The van der Waals surface area contributed by atoms with Crippen LogP contribution in [-0.2, 0) is 13.1 Å². The Labute approximate surface area is 99.0 Å². The standard InChI is InChI=1S/C11H13ClN4/c1-2-16-10(7-13)11(14-15-16)8-3-5-9(12)6-4-8/h3-6H,2,7,13H2,1H3. The zero-order chi connectivity index (χ0) is 11.5. The highest BCUT2D eigenvalue weighted by molar-refractivity contribution is 6.30. The van der Waals surface area contributed by atoms with Gasteiger partial charge in [-0.2, -0.15) is 0 Å². The lowest BCUT2D eigenvalue weighted by Gasteiger charge is -2.03. The lowest BCUT2D eigenvalue weighted by molar-refractivity contribution is 0.598. The average molecular weight is 237 g/mol. The molecule has 1 aromatic carbocycles. The molecule has 0 amide bonds. The Morgan fingerprint density at radius 2 is 2.00 bits per heavy atom. The minimum Gasteiger partial charge on any atom is -0.325 e. The number of hydrogen-bond donors (Lipinski definition) is 1. The Morgan fingerprint density at radius 1 is 1.31 bits per heavy atom. The van der Waals surface area contributed by atoms with Gasteiger partial charge in [-0.3, -0.25) is 0 Å². The number of nitrogens with two attached hydrogens (primary N) is 1. The van der Waals surface area contributed by atoms with E-state index >= 15 is 0 Å². The zero-order valence-corrected chi connectivity index (χ0v) is 9.78. The molecule has 0 bridgehead atoms. The molecule has 2 rings (SSSR count). The molecule has 0 unspecified atom stereocenters. The molecule has 2 N–H and O–H groups in total. The number of nitrogens with zero attached hydrogens (tertiary/aromatic N) is 3. The summed E-state index contributed by atoms with van der Waals surface area (Å²) in [6.45, 7) is 3.21. The fourth-order valence-electron chi connectivity index (χ4n) is 1.62. The van der Waals surface area contributed by atoms with Gasteiger partial charge in [0.15, 0.2) is 0 Å². The van der Waals surface area contributed by atoms with Gasteiger partial charge >= 0.3 is 0 Å². The predicted octanol–water partition coefficient (Wildman–Crippen LogP) is 2.08. The summed E-state index contributed by atoms with van der Waals surface area (Å²) >= 11 is 5.84. The molecule has 0 aliphatic heterocycles. The van der Waals surface area contributed by atoms with Gasteiger partial charge in [0.2, 0.25) is 0 Å². The Bertz CT molecular complexity index is 475. The van der Waals surface area contributed by atoms with Crippen LogP contribution in [0.3, 0.4) is 0 Å². The predicted molar refractivity (Wildman–Crippen MR) is 64.0 cm³/mol. The number of benzene rings is 1. The lowest BCUT2D eigenvalue weighted by atomic mass is 10.1. The highest BCUT2D eigenvalue weighted by atomic mass is 35.5. The molecular weight excluding hydrogens is 224 g/mol. The van der Waals surface area contributed by atoms with Crippen molar-refractivity contribution in [3.05, 3.63) is 35.0 Å². The molecule has 16 heavy (non-hydrogen) atoms. The van der Waals surface area contributed by atoms with Crippen LogP contribution in [0.5, 0.6) is 0 Å². The molecule has 2 aromatic rings. The molecule has 84 valence electrons. The van der Waals surface area contributed by atoms with E-state index in [0.29, 0.717) is 11.6 Å². The van der Waals surface area contributed by atoms with Crippen LogP contribution in [0.1, 0.15) is 12.6 Å². The van der Waals surface area contributed by atoms with E-state index in [0.717, 1.165) is 23.5 Å².